The third-order valence-electron chi connectivity index (χ3n) is 14.0. The Hall–Kier alpha value is -6.30. The number of aryl methyl sites for hydroxylation is 1. The van der Waals surface area contributed by atoms with Gasteiger partial charge in [-0.1, -0.05) is 128 Å². The molecule has 13 rings (SSSR count). The molecule has 10 aromatic rings. The van der Waals surface area contributed by atoms with Crippen LogP contribution in [0.5, 0.6) is 11.5 Å². The second-order valence-electron chi connectivity index (χ2n) is 21.5. The Morgan fingerprint density at radius 2 is 1.28 bits per heavy atom. The number of fused-ring (bicyclic) bond motifs is 6. The Morgan fingerprint density at radius 1 is 0.623 bits per heavy atom. The van der Waals surface area contributed by atoms with Gasteiger partial charge in [-0.3, -0.25) is 4.48 Å². The van der Waals surface area contributed by atoms with Gasteiger partial charge in [0.15, 0.2) is 18.0 Å². The second-order valence-corrected chi connectivity index (χ2v) is 21.5. The molecule has 0 aliphatic carbocycles. The first kappa shape index (κ1) is 34.1. The molecule has 7 aromatic carbocycles. The minimum absolute atomic E-state index is 0. The fourth-order valence-corrected chi connectivity index (χ4v) is 10.3. The van der Waals surface area contributed by atoms with Crippen LogP contribution < -0.4 is 13.7 Å². The molecule has 0 unspecified atom stereocenters. The average Bonchev–Trinajstić information content (AvgIpc) is 4.12. The van der Waals surface area contributed by atoms with E-state index in [4.69, 9.17) is 24.8 Å². The number of para-hydroxylation sites is 3. The second kappa shape index (κ2) is 15.6. The Labute approximate surface area is 436 Å². The van der Waals surface area contributed by atoms with Crippen molar-refractivity contribution < 1.29 is 40.9 Å². The molecule has 1 fully saturated rings. The summed E-state index contributed by atoms with van der Waals surface area (Å²) in [7, 11) is 0. The van der Waals surface area contributed by atoms with Gasteiger partial charge in [0.05, 0.1) is 28.7 Å². The maximum absolute atomic E-state index is 9.14. The molecule has 6 heterocycles. The first-order valence-corrected chi connectivity index (χ1v) is 23.1. The van der Waals surface area contributed by atoms with Gasteiger partial charge in [0.25, 0.3) is 0 Å². The summed E-state index contributed by atoms with van der Waals surface area (Å²) in [5.41, 5.74) is 8.35. The number of ether oxygens (including phenoxy) is 1. The molecule has 0 radical (unpaired) electrons. The monoisotopic (exact) mass is 1090 g/mol. The third-order valence-corrected chi connectivity index (χ3v) is 14.0. The maximum atomic E-state index is 9.14. The van der Waals surface area contributed by atoms with Crippen LogP contribution in [0.25, 0.3) is 55.1 Å². The molecule has 2 bridgehead atoms. The summed E-state index contributed by atoms with van der Waals surface area (Å²) in [5.74, 6) is 1.41. The topological polar surface area (TPSA) is 32.0 Å². The maximum Gasteiger partial charge on any atom is 0.184 e. The normalized spacial score (nSPS) is 20.3. The van der Waals surface area contributed by atoms with Crippen LogP contribution in [-0.2, 0) is 37.3 Å². The van der Waals surface area contributed by atoms with E-state index in [0.717, 1.165) is 39.2 Å². The van der Waals surface area contributed by atoms with Crippen molar-refractivity contribution in [1.82, 2.24) is 23.1 Å². The summed E-state index contributed by atoms with van der Waals surface area (Å²) in [6.45, 7) is 20.0. The van der Waals surface area contributed by atoms with E-state index in [0.29, 0.717) is 46.1 Å². The largest absolute Gasteiger partial charge is 0.509 e. The van der Waals surface area contributed by atoms with E-state index in [9.17, 15) is 0 Å². The first-order chi connectivity index (χ1) is 37.0. The zero-order chi connectivity index (χ0) is 56.6. The minimum atomic E-state index is -2.38. The quantitative estimate of drug-likeness (QED) is 0.123. The number of nitrogens with zero attached hydrogens (tertiary/aromatic N) is 5. The van der Waals surface area contributed by atoms with E-state index in [-0.39, 0.29) is 80.2 Å². The Bertz CT molecular complexity index is 4180. The molecule has 3 aliphatic rings. The Morgan fingerprint density at radius 3 is 1.94 bits per heavy atom. The molecule has 0 spiro atoms. The molecule has 2 atom stereocenters. The van der Waals surface area contributed by atoms with Crippen molar-refractivity contribution in [2.45, 2.75) is 85.4 Å². The van der Waals surface area contributed by atoms with Crippen molar-refractivity contribution >= 4 is 66.4 Å². The predicted molar refractivity (Wildman–Crippen MR) is 283 cm³/mol. The SMILES string of the molecule is [2H]c1c([2H])c([2H])c2c(c1[2H])c1c([2H])c([2H])c([2H])c([2H])c1n2-c1ccc2c(c1)c1ccc(Oc3[c-]c([N@@+]45[CH-][N@@+](c6cc(C(C)(C)C)cc(C(C)(C)C)c6)(C4)c4c(C([2H])([2H])[2H])cccc45)ccc3)[c-]c1n2-c1cc(C(C)(C)C)ccn1.[Pt]. The summed E-state index contributed by atoms with van der Waals surface area (Å²) in [5, 5.41) is 1.45. The fourth-order valence-electron chi connectivity index (χ4n) is 10.3. The van der Waals surface area contributed by atoms with Crippen molar-refractivity contribution in [3.8, 4) is 23.0 Å². The van der Waals surface area contributed by atoms with Crippen LogP contribution in [0.4, 0.5) is 22.7 Å². The van der Waals surface area contributed by atoms with Crippen molar-refractivity contribution in [2.75, 3.05) is 6.67 Å². The van der Waals surface area contributed by atoms with Gasteiger partial charge in [-0.25, -0.2) is 4.98 Å². The minimum Gasteiger partial charge on any atom is -0.509 e. The Kier molecular flexibility index (Phi) is 7.70. The van der Waals surface area contributed by atoms with Gasteiger partial charge in [-0.2, -0.15) is 12.1 Å². The smallest absolute Gasteiger partial charge is 0.184 e. The molecule has 0 N–H and O–H groups in total. The van der Waals surface area contributed by atoms with Crippen molar-refractivity contribution in [2.24, 2.45) is 0 Å². The van der Waals surface area contributed by atoms with E-state index in [2.05, 4.69) is 99.3 Å². The molecular weight excluding hydrogens is 1030 g/mol. The first-order valence-electron chi connectivity index (χ1n) is 28.6. The summed E-state index contributed by atoms with van der Waals surface area (Å²) < 4.78 is 108. The van der Waals surface area contributed by atoms with Crippen LogP contribution >= 0.6 is 0 Å². The molecule has 3 aliphatic heterocycles. The zero-order valence-electron chi connectivity index (χ0n) is 51.1. The van der Waals surface area contributed by atoms with Crippen LogP contribution in [0.15, 0.2) is 152 Å². The van der Waals surface area contributed by atoms with Gasteiger partial charge >= 0.3 is 0 Å². The van der Waals surface area contributed by atoms with Crippen molar-refractivity contribution in [3.63, 3.8) is 0 Å². The van der Waals surface area contributed by atoms with Gasteiger partial charge in [0.1, 0.15) is 11.5 Å². The number of quaternary nitrogens is 2. The van der Waals surface area contributed by atoms with Crippen molar-refractivity contribution in [3.05, 3.63) is 193 Å². The molecule has 7 heteroatoms. The van der Waals surface area contributed by atoms with Crippen LogP contribution in [-0.4, -0.2) is 20.8 Å². The van der Waals surface area contributed by atoms with E-state index >= 15 is 0 Å². The molecule has 3 aromatic heterocycles. The van der Waals surface area contributed by atoms with Crippen LogP contribution in [0, 0.1) is 25.7 Å². The van der Waals surface area contributed by atoms with E-state index in [1.807, 2.05) is 71.3 Å². The summed E-state index contributed by atoms with van der Waals surface area (Å²) in [6.07, 6.45) is 1.77. The fraction of sp³-hybridized carbons (Fsp3) is 0.226. The number of hydrogen-bond donors (Lipinski definition) is 0. The summed E-state index contributed by atoms with van der Waals surface area (Å²) in [4.78, 5) is 4.89. The van der Waals surface area contributed by atoms with Crippen molar-refractivity contribution in [1.29, 1.82) is 0 Å². The number of aromatic nitrogens is 3. The molecular formula is C62H58N5OPt-. The average molecular weight is 1100 g/mol. The molecule has 0 saturated carbocycles. The van der Waals surface area contributed by atoms with Gasteiger partial charge in [0, 0.05) is 94.3 Å². The summed E-state index contributed by atoms with van der Waals surface area (Å²) >= 11 is 0. The molecule has 1 saturated heterocycles. The molecule has 6 nitrogen and oxygen atoms in total. The molecule has 69 heavy (non-hydrogen) atoms. The number of rotatable bonds is 6. The van der Waals surface area contributed by atoms with Gasteiger partial charge < -0.3 is 18.4 Å². The standard InChI is InChI=1S/C62H58N5O.Pt/c1-40-17-15-24-57-59(40)67(46-32-42(61(5,6)7)31-43(33-46)62(8,9)10)38-66(57,39-67)45-18-16-19-47(36-45)68-48-26-27-51-52-35-44(64-53-22-13-11-20-49(53)50-21-12-14-23-54(50)64)25-28-55(52)65(56(51)37-48)58-34-41(29-30-63-58)60(2,3)4;/h11-35,38H,39H2,1-10H3;/q-1;/t66-,67+;/m1./s1/i1D3,11D,12D,13D,14D,20D,21D,22D,23D;. The number of pyridine rings is 1. The van der Waals surface area contributed by atoms with Gasteiger partial charge in [0.2, 0.25) is 0 Å². The molecule has 0 amide bonds. The zero-order valence-corrected chi connectivity index (χ0v) is 42.3. The van der Waals surface area contributed by atoms with Gasteiger partial charge in [-0.15, -0.1) is 29.7 Å². The summed E-state index contributed by atoms with van der Waals surface area (Å²) in [6, 6.07) is 35.0. The Balaban J connectivity index is 0.00000675. The predicted octanol–water partition coefficient (Wildman–Crippen LogP) is 16.2. The van der Waals surface area contributed by atoms with E-state index in [1.54, 1.807) is 18.3 Å². The van der Waals surface area contributed by atoms with E-state index < -0.39 is 43.1 Å². The van der Waals surface area contributed by atoms with Crippen LogP contribution in [0.2, 0.25) is 0 Å². The third kappa shape index (κ3) is 6.96. The van der Waals surface area contributed by atoms with Crippen LogP contribution in [0.3, 0.4) is 0 Å². The molecule has 348 valence electrons. The number of benzene rings is 7. The number of hydrogen-bond acceptors (Lipinski definition) is 2. The van der Waals surface area contributed by atoms with E-state index in [1.165, 1.54) is 15.7 Å². The van der Waals surface area contributed by atoms with Crippen LogP contribution in [0.1, 0.15) is 99.6 Å². The van der Waals surface area contributed by atoms with Gasteiger partial charge in [-0.05, 0) is 87.6 Å².